The predicted molar refractivity (Wildman–Crippen MR) is 67.0 cm³/mol. The maximum atomic E-state index is 9.73. The average Bonchev–Trinajstić information content (AvgIpc) is 2.58. The van der Waals surface area contributed by atoms with E-state index < -0.39 is 0 Å². The van der Waals surface area contributed by atoms with Gasteiger partial charge in [-0.05, 0) is 35.8 Å². The Labute approximate surface area is 104 Å². The first kappa shape index (κ1) is 11.6. The summed E-state index contributed by atoms with van der Waals surface area (Å²) >= 11 is 14.0. The van der Waals surface area contributed by atoms with E-state index in [1.54, 1.807) is 11.8 Å². The average molecular weight is 263 g/mol. The number of hydrogen-bond acceptors (Lipinski definition) is 2. The van der Waals surface area contributed by atoms with Gasteiger partial charge in [-0.1, -0.05) is 29.3 Å². The minimum atomic E-state index is -0.220. The molecule has 1 nitrogen and oxygen atoms in total. The topological polar surface area (TPSA) is 20.2 Å². The Bertz CT molecular complexity index is 336. The van der Waals surface area contributed by atoms with Crippen LogP contribution in [0.3, 0.4) is 0 Å². The molecule has 0 amide bonds. The number of thioether (sulfide) groups is 1. The van der Waals surface area contributed by atoms with E-state index in [9.17, 15) is 5.11 Å². The van der Waals surface area contributed by atoms with E-state index in [4.69, 9.17) is 23.2 Å². The van der Waals surface area contributed by atoms with Gasteiger partial charge in [0, 0.05) is 15.8 Å². The molecule has 1 aromatic carbocycles. The van der Waals surface area contributed by atoms with Gasteiger partial charge in [-0.3, -0.25) is 0 Å². The van der Waals surface area contributed by atoms with Crippen molar-refractivity contribution < 1.29 is 5.11 Å². The molecule has 2 unspecified atom stereocenters. The zero-order chi connectivity index (χ0) is 10.8. The molecule has 0 spiro atoms. The second-order valence-electron chi connectivity index (χ2n) is 3.77. The minimum absolute atomic E-state index is 0.220. The van der Waals surface area contributed by atoms with Crippen molar-refractivity contribution in [2.45, 2.75) is 12.5 Å². The molecule has 1 saturated heterocycles. The maximum absolute atomic E-state index is 9.73. The molecule has 2 atom stereocenters. The molecule has 0 saturated carbocycles. The fourth-order valence-electron chi connectivity index (χ4n) is 1.77. The maximum Gasteiger partial charge on any atom is 0.0669 e. The predicted octanol–water partition coefficient (Wildman–Crippen LogP) is 3.26. The second-order valence-corrected chi connectivity index (χ2v) is 5.66. The van der Waals surface area contributed by atoms with Crippen molar-refractivity contribution in [2.24, 2.45) is 5.92 Å². The molecular formula is C11H12Cl2OS. The van der Waals surface area contributed by atoms with Gasteiger partial charge in [-0.15, -0.1) is 0 Å². The molecule has 1 aromatic rings. The molecule has 1 fully saturated rings. The molecule has 1 aliphatic heterocycles. The first-order chi connectivity index (χ1) is 7.18. The highest BCUT2D eigenvalue weighted by molar-refractivity contribution is 7.99. The van der Waals surface area contributed by atoms with Crippen molar-refractivity contribution >= 4 is 35.0 Å². The summed E-state index contributed by atoms with van der Waals surface area (Å²) in [5, 5.41) is 11.1. The highest BCUT2D eigenvalue weighted by Gasteiger charge is 2.27. The van der Waals surface area contributed by atoms with E-state index in [1.807, 2.05) is 18.2 Å². The monoisotopic (exact) mass is 262 g/mol. The van der Waals surface area contributed by atoms with Crippen LogP contribution in [0.4, 0.5) is 0 Å². The standard InChI is InChI=1S/C11H12Cl2OS/c12-9-2-1-3-10(13)8(9)4-7-5-15-6-11(7)14/h1-3,7,11,14H,4-6H2. The lowest BCUT2D eigenvalue weighted by molar-refractivity contribution is 0.150. The van der Waals surface area contributed by atoms with Crippen molar-refractivity contribution in [3.63, 3.8) is 0 Å². The molecule has 0 aliphatic carbocycles. The third-order valence-corrected chi connectivity index (χ3v) is 4.64. The Balaban J connectivity index is 2.16. The number of aliphatic hydroxyl groups is 1. The van der Waals surface area contributed by atoms with Crippen LogP contribution in [-0.4, -0.2) is 22.7 Å². The summed E-state index contributed by atoms with van der Waals surface area (Å²) in [5.41, 5.74) is 0.965. The highest BCUT2D eigenvalue weighted by atomic mass is 35.5. The van der Waals surface area contributed by atoms with E-state index in [0.717, 1.165) is 23.5 Å². The molecule has 1 heterocycles. The van der Waals surface area contributed by atoms with Crippen molar-refractivity contribution in [3.05, 3.63) is 33.8 Å². The fourth-order valence-corrected chi connectivity index (χ4v) is 3.62. The van der Waals surface area contributed by atoms with Crippen LogP contribution < -0.4 is 0 Å². The quantitative estimate of drug-likeness (QED) is 0.883. The molecule has 0 radical (unpaired) electrons. The van der Waals surface area contributed by atoms with Gasteiger partial charge in [0.25, 0.3) is 0 Å². The summed E-state index contributed by atoms with van der Waals surface area (Å²) in [7, 11) is 0. The molecular weight excluding hydrogens is 251 g/mol. The molecule has 15 heavy (non-hydrogen) atoms. The van der Waals surface area contributed by atoms with Crippen LogP contribution in [0, 0.1) is 5.92 Å². The van der Waals surface area contributed by atoms with Gasteiger partial charge < -0.3 is 5.11 Å². The van der Waals surface area contributed by atoms with Crippen molar-refractivity contribution in [2.75, 3.05) is 11.5 Å². The van der Waals surface area contributed by atoms with E-state index >= 15 is 0 Å². The first-order valence-corrected chi connectivity index (χ1v) is 6.78. The Hall–Kier alpha value is 0.110. The van der Waals surface area contributed by atoms with Gasteiger partial charge in [0.05, 0.1) is 6.10 Å². The van der Waals surface area contributed by atoms with E-state index in [1.165, 1.54) is 0 Å². The van der Waals surface area contributed by atoms with Gasteiger partial charge in [0.1, 0.15) is 0 Å². The fraction of sp³-hybridized carbons (Fsp3) is 0.455. The summed E-state index contributed by atoms with van der Waals surface area (Å²) in [6, 6.07) is 5.53. The molecule has 0 aromatic heterocycles. The minimum Gasteiger partial charge on any atom is -0.392 e. The molecule has 82 valence electrons. The van der Waals surface area contributed by atoms with Gasteiger partial charge in [0.15, 0.2) is 0 Å². The number of halogens is 2. The van der Waals surface area contributed by atoms with Gasteiger partial charge in [-0.2, -0.15) is 11.8 Å². The summed E-state index contributed by atoms with van der Waals surface area (Å²) in [6.45, 7) is 0. The molecule has 0 bridgehead atoms. The van der Waals surface area contributed by atoms with Crippen molar-refractivity contribution in [1.29, 1.82) is 0 Å². The third-order valence-electron chi connectivity index (χ3n) is 2.69. The van der Waals surface area contributed by atoms with Crippen LogP contribution in [0.15, 0.2) is 18.2 Å². The van der Waals surface area contributed by atoms with E-state index in [0.29, 0.717) is 10.0 Å². The number of aliphatic hydroxyl groups excluding tert-OH is 1. The summed E-state index contributed by atoms with van der Waals surface area (Å²) in [4.78, 5) is 0. The SMILES string of the molecule is OC1CSCC1Cc1c(Cl)cccc1Cl. The Morgan fingerprint density at radius 3 is 2.47 bits per heavy atom. The third kappa shape index (κ3) is 2.62. The summed E-state index contributed by atoms with van der Waals surface area (Å²) in [6.07, 6.45) is 0.550. The van der Waals surface area contributed by atoms with Crippen LogP contribution in [-0.2, 0) is 6.42 Å². The summed E-state index contributed by atoms with van der Waals surface area (Å²) in [5.74, 6) is 2.10. The Morgan fingerprint density at radius 2 is 1.93 bits per heavy atom. The van der Waals surface area contributed by atoms with E-state index in [2.05, 4.69) is 0 Å². The second kappa shape index (κ2) is 4.96. The van der Waals surface area contributed by atoms with Gasteiger partial charge in [-0.25, -0.2) is 0 Å². The Morgan fingerprint density at radius 1 is 1.27 bits per heavy atom. The van der Waals surface area contributed by atoms with Crippen molar-refractivity contribution in [3.8, 4) is 0 Å². The molecule has 2 rings (SSSR count). The number of benzene rings is 1. The largest absolute Gasteiger partial charge is 0.392 e. The van der Waals surface area contributed by atoms with Crippen LogP contribution >= 0.6 is 35.0 Å². The van der Waals surface area contributed by atoms with Crippen molar-refractivity contribution in [1.82, 2.24) is 0 Å². The highest BCUT2D eigenvalue weighted by Crippen LogP contribution is 2.32. The lowest BCUT2D eigenvalue weighted by atomic mass is 9.97. The zero-order valence-electron chi connectivity index (χ0n) is 8.12. The zero-order valence-corrected chi connectivity index (χ0v) is 10.4. The Kier molecular flexibility index (Phi) is 3.83. The van der Waals surface area contributed by atoms with Crippen LogP contribution in [0.2, 0.25) is 10.0 Å². The van der Waals surface area contributed by atoms with Gasteiger partial charge >= 0.3 is 0 Å². The molecule has 1 aliphatic rings. The van der Waals surface area contributed by atoms with Crippen LogP contribution in [0.5, 0.6) is 0 Å². The smallest absolute Gasteiger partial charge is 0.0669 e. The molecule has 1 N–H and O–H groups in total. The van der Waals surface area contributed by atoms with Crippen LogP contribution in [0.25, 0.3) is 0 Å². The lowest BCUT2D eigenvalue weighted by Gasteiger charge is -2.15. The van der Waals surface area contributed by atoms with Gasteiger partial charge in [0.2, 0.25) is 0 Å². The van der Waals surface area contributed by atoms with Crippen LogP contribution in [0.1, 0.15) is 5.56 Å². The summed E-state index contributed by atoms with van der Waals surface area (Å²) < 4.78 is 0. The lowest BCUT2D eigenvalue weighted by Crippen LogP contribution is -2.20. The normalized spacial score (nSPS) is 25.8. The van der Waals surface area contributed by atoms with E-state index in [-0.39, 0.29) is 12.0 Å². The first-order valence-electron chi connectivity index (χ1n) is 4.87. The molecule has 4 heteroatoms. The number of hydrogen-bond donors (Lipinski definition) is 1. The number of rotatable bonds is 2.